The van der Waals surface area contributed by atoms with Crippen LogP contribution in [0.15, 0.2) is 40.9 Å². The molecule has 98 valence electrons. The number of aromatic carboxylic acids is 1. The van der Waals surface area contributed by atoms with Crippen molar-refractivity contribution in [2.75, 3.05) is 5.73 Å². The molecule has 2 aromatic carbocycles. The lowest BCUT2D eigenvalue weighted by molar-refractivity contribution is 0.0696. The molecule has 0 aromatic heterocycles. The van der Waals surface area contributed by atoms with Crippen LogP contribution in [-0.4, -0.2) is 11.1 Å². The van der Waals surface area contributed by atoms with Gasteiger partial charge in [-0.25, -0.2) is 4.79 Å². The Morgan fingerprint density at radius 3 is 2.63 bits per heavy atom. The van der Waals surface area contributed by atoms with E-state index in [9.17, 15) is 4.79 Å². The number of carboxylic acids is 1. The lowest BCUT2D eigenvalue weighted by Gasteiger charge is -2.10. The maximum Gasteiger partial charge on any atom is 0.335 e. The number of rotatable bonds is 3. The predicted octanol–water partition coefficient (Wildman–Crippen LogP) is 3.83. The molecule has 4 nitrogen and oxygen atoms in total. The zero-order valence-corrected chi connectivity index (χ0v) is 11.8. The summed E-state index contributed by atoms with van der Waals surface area (Å²) in [4.78, 5) is 10.9. The lowest BCUT2D eigenvalue weighted by atomic mass is 10.2. The molecule has 0 atom stereocenters. The van der Waals surface area contributed by atoms with Gasteiger partial charge in [-0.3, -0.25) is 0 Å². The number of carboxylic acid groups (broad SMARTS) is 1. The van der Waals surface area contributed by atoms with Gasteiger partial charge in [0.15, 0.2) is 5.75 Å². The van der Waals surface area contributed by atoms with E-state index in [1.807, 2.05) is 19.1 Å². The first-order chi connectivity index (χ1) is 8.97. The van der Waals surface area contributed by atoms with E-state index in [1.165, 1.54) is 18.2 Å². The van der Waals surface area contributed by atoms with Crippen molar-refractivity contribution in [1.29, 1.82) is 0 Å². The van der Waals surface area contributed by atoms with E-state index in [1.54, 1.807) is 6.07 Å². The van der Waals surface area contributed by atoms with Crippen molar-refractivity contribution < 1.29 is 14.6 Å². The third kappa shape index (κ3) is 3.06. The highest BCUT2D eigenvalue weighted by atomic mass is 79.9. The predicted molar refractivity (Wildman–Crippen MR) is 76.8 cm³/mol. The van der Waals surface area contributed by atoms with Gasteiger partial charge in [-0.1, -0.05) is 15.9 Å². The highest BCUT2D eigenvalue weighted by Gasteiger charge is 2.09. The van der Waals surface area contributed by atoms with Crippen molar-refractivity contribution in [3.8, 4) is 11.5 Å². The number of aryl methyl sites for hydroxylation is 1. The molecule has 0 saturated carbocycles. The molecule has 0 spiro atoms. The summed E-state index contributed by atoms with van der Waals surface area (Å²) in [5, 5.41) is 8.94. The Morgan fingerprint density at radius 2 is 2.00 bits per heavy atom. The fraction of sp³-hybridized carbons (Fsp3) is 0.0714. The lowest BCUT2D eigenvalue weighted by Crippen LogP contribution is -1.99. The maximum atomic E-state index is 10.9. The zero-order chi connectivity index (χ0) is 14.0. The van der Waals surface area contributed by atoms with Gasteiger partial charge in [0.2, 0.25) is 0 Å². The van der Waals surface area contributed by atoms with Crippen LogP contribution >= 0.6 is 15.9 Å². The number of carbonyl (C=O) groups is 1. The molecular formula is C14H12BrNO3. The molecule has 0 heterocycles. The Bertz CT molecular complexity index is 641. The van der Waals surface area contributed by atoms with E-state index in [0.717, 1.165) is 10.0 Å². The molecule has 0 fully saturated rings. The molecular weight excluding hydrogens is 310 g/mol. The maximum absolute atomic E-state index is 10.9. The molecule has 0 bridgehead atoms. The summed E-state index contributed by atoms with van der Waals surface area (Å²) in [6.45, 7) is 1.94. The number of halogens is 1. The standard InChI is InChI=1S/C14H12BrNO3/c1-8-6-10(3-4-11(8)15)19-13-7-9(14(17)18)2-5-12(13)16/h2-7H,16H2,1H3,(H,17,18). The fourth-order valence-electron chi connectivity index (χ4n) is 1.56. The fourth-order valence-corrected chi connectivity index (χ4v) is 1.81. The highest BCUT2D eigenvalue weighted by molar-refractivity contribution is 9.10. The van der Waals surface area contributed by atoms with Crippen LogP contribution in [0.2, 0.25) is 0 Å². The van der Waals surface area contributed by atoms with Gasteiger partial charge in [-0.05, 0) is 48.9 Å². The Labute approximate surface area is 118 Å². The largest absolute Gasteiger partial charge is 0.478 e. The minimum atomic E-state index is -1.02. The third-order valence-corrected chi connectivity index (χ3v) is 3.51. The van der Waals surface area contributed by atoms with Gasteiger partial charge in [-0.2, -0.15) is 0 Å². The normalized spacial score (nSPS) is 10.2. The van der Waals surface area contributed by atoms with E-state index in [-0.39, 0.29) is 5.56 Å². The highest BCUT2D eigenvalue weighted by Crippen LogP contribution is 2.30. The van der Waals surface area contributed by atoms with Gasteiger partial charge < -0.3 is 15.6 Å². The number of benzene rings is 2. The van der Waals surface area contributed by atoms with Crippen molar-refractivity contribution >= 4 is 27.6 Å². The molecule has 0 radical (unpaired) electrons. The minimum absolute atomic E-state index is 0.137. The second-order valence-corrected chi connectivity index (χ2v) is 4.93. The van der Waals surface area contributed by atoms with Gasteiger partial charge in [0, 0.05) is 4.47 Å². The molecule has 2 rings (SSSR count). The van der Waals surface area contributed by atoms with Gasteiger partial charge >= 0.3 is 5.97 Å². The van der Waals surface area contributed by atoms with Crippen LogP contribution in [0.5, 0.6) is 11.5 Å². The quantitative estimate of drug-likeness (QED) is 0.843. The van der Waals surface area contributed by atoms with Gasteiger partial charge in [0.05, 0.1) is 11.3 Å². The first-order valence-electron chi connectivity index (χ1n) is 5.54. The van der Waals surface area contributed by atoms with Crippen molar-refractivity contribution in [2.45, 2.75) is 6.92 Å². The Hall–Kier alpha value is -2.01. The van der Waals surface area contributed by atoms with Gasteiger partial charge in [0.1, 0.15) is 5.75 Å². The van der Waals surface area contributed by atoms with Gasteiger partial charge in [-0.15, -0.1) is 0 Å². The molecule has 0 aliphatic heterocycles. The first-order valence-corrected chi connectivity index (χ1v) is 6.33. The van der Waals surface area contributed by atoms with Crippen molar-refractivity contribution in [2.24, 2.45) is 0 Å². The van der Waals surface area contributed by atoms with Crippen LogP contribution in [0.25, 0.3) is 0 Å². The molecule has 5 heteroatoms. The summed E-state index contributed by atoms with van der Waals surface area (Å²) in [6, 6.07) is 9.86. The smallest absolute Gasteiger partial charge is 0.335 e. The van der Waals surface area contributed by atoms with Crippen molar-refractivity contribution in [3.05, 3.63) is 52.0 Å². The van der Waals surface area contributed by atoms with Crippen LogP contribution in [0.3, 0.4) is 0 Å². The number of hydrogen-bond acceptors (Lipinski definition) is 3. The molecule has 19 heavy (non-hydrogen) atoms. The van der Waals surface area contributed by atoms with Crippen LogP contribution in [0, 0.1) is 6.92 Å². The van der Waals surface area contributed by atoms with Crippen molar-refractivity contribution in [3.63, 3.8) is 0 Å². The Balaban J connectivity index is 2.34. The summed E-state index contributed by atoms with van der Waals surface area (Å²) in [5.74, 6) is -0.0756. The summed E-state index contributed by atoms with van der Waals surface area (Å²) in [6.07, 6.45) is 0. The van der Waals surface area contributed by atoms with Crippen molar-refractivity contribution in [1.82, 2.24) is 0 Å². The average Bonchev–Trinajstić information content (AvgIpc) is 2.36. The Morgan fingerprint density at radius 1 is 1.26 bits per heavy atom. The topological polar surface area (TPSA) is 72.5 Å². The van der Waals surface area contributed by atoms with Crippen LogP contribution < -0.4 is 10.5 Å². The molecule has 3 N–H and O–H groups in total. The van der Waals surface area contributed by atoms with Crippen LogP contribution in [-0.2, 0) is 0 Å². The molecule has 0 saturated heterocycles. The average molecular weight is 322 g/mol. The number of nitrogen functional groups attached to an aromatic ring is 1. The third-order valence-electron chi connectivity index (χ3n) is 2.62. The first kappa shape index (κ1) is 13.4. The van der Waals surface area contributed by atoms with E-state index in [2.05, 4.69) is 15.9 Å². The molecule has 0 aliphatic carbocycles. The Kier molecular flexibility index (Phi) is 3.76. The molecule has 2 aromatic rings. The van der Waals surface area contributed by atoms with E-state index in [0.29, 0.717) is 17.2 Å². The monoisotopic (exact) mass is 321 g/mol. The second kappa shape index (κ2) is 5.32. The summed E-state index contributed by atoms with van der Waals surface area (Å²) in [7, 11) is 0. The SMILES string of the molecule is Cc1cc(Oc2cc(C(=O)O)ccc2N)ccc1Br. The summed E-state index contributed by atoms with van der Waals surface area (Å²) >= 11 is 3.40. The van der Waals surface area contributed by atoms with Crippen LogP contribution in [0.1, 0.15) is 15.9 Å². The number of ether oxygens (including phenoxy) is 1. The van der Waals surface area contributed by atoms with E-state index < -0.39 is 5.97 Å². The van der Waals surface area contributed by atoms with E-state index >= 15 is 0 Å². The van der Waals surface area contributed by atoms with E-state index in [4.69, 9.17) is 15.6 Å². The zero-order valence-electron chi connectivity index (χ0n) is 10.2. The molecule has 0 unspecified atom stereocenters. The molecule has 0 aliphatic rings. The van der Waals surface area contributed by atoms with Gasteiger partial charge in [0.25, 0.3) is 0 Å². The second-order valence-electron chi connectivity index (χ2n) is 4.07. The molecule has 0 amide bonds. The van der Waals surface area contributed by atoms with Crippen LogP contribution in [0.4, 0.5) is 5.69 Å². The number of hydrogen-bond donors (Lipinski definition) is 2. The number of anilines is 1. The number of nitrogens with two attached hydrogens (primary N) is 1. The minimum Gasteiger partial charge on any atom is -0.478 e. The summed E-state index contributed by atoms with van der Waals surface area (Å²) < 4.78 is 6.61. The summed E-state index contributed by atoms with van der Waals surface area (Å²) in [5.41, 5.74) is 7.33.